The van der Waals surface area contributed by atoms with Crippen molar-refractivity contribution >= 4 is 51.2 Å². The van der Waals surface area contributed by atoms with Crippen LogP contribution >= 0.6 is 34.4 Å². The van der Waals surface area contributed by atoms with Crippen LogP contribution in [-0.2, 0) is 6.54 Å². The van der Waals surface area contributed by atoms with E-state index in [1.54, 1.807) is 18.0 Å². The van der Waals surface area contributed by atoms with Crippen LogP contribution in [0.4, 0.5) is 5.82 Å². The van der Waals surface area contributed by atoms with Crippen LogP contribution in [0.5, 0.6) is 11.5 Å². The first-order valence-electron chi connectivity index (χ1n) is 9.69. The van der Waals surface area contributed by atoms with E-state index in [2.05, 4.69) is 52.9 Å². The number of imidazole rings is 1. The Bertz CT molecular complexity index is 1050. The summed E-state index contributed by atoms with van der Waals surface area (Å²) in [7, 11) is 0. The minimum absolute atomic E-state index is 0.272. The van der Waals surface area contributed by atoms with Crippen molar-refractivity contribution in [3.8, 4) is 11.5 Å². The summed E-state index contributed by atoms with van der Waals surface area (Å²) >= 11 is 3.96. The highest BCUT2D eigenvalue weighted by Crippen LogP contribution is 2.41. The number of nitrogen functional groups attached to an aromatic ring is 1. The first-order chi connectivity index (χ1) is 13.8. The number of ether oxygens (including phenoxy) is 2. The fourth-order valence-corrected chi connectivity index (χ4v) is 5.07. The third kappa shape index (κ3) is 4.58. The van der Waals surface area contributed by atoms with Gasteiger partial charge in [0.05, 0.1) is 5.52 Å². The Morgan fingerprint density at radius 3 is 2.72 bits per heavy atom. The Kier molecular flexibility index (Phi) is 5.83. The van der Waals surface area contributed by atoms with E-state index in [0.717, 1.165) is 49.1 Å². The lowest BCUT2D eigenvalue weighted by Crippen LogP contribution is -2.06. The number of aromatic nitrogens is 3. The second-order valence-corrected chi connectivity index (χ2v) is 10.5. The van der Waals surface area contributed by atoms with Gasteiger partial charge in [-0.15, -0.1) is 0 Å². The van der Waals surface area contributed by atoms with E-state index < -0.39 is 0 Å². The molecule has 0 unspecified atom stereocenters. The van der Waals surface area contributed by atoms with Gasteiger partial charge < -0.3 is 19.8 Å². The lowest BCUT2D eigenvalue weighted by molar-refractivity contribution is 0.174. The molecule has 0 amide bonds. The first kappa shape index (κ1) is 20.6. The largest absolute Gasteiger partial charge is 0.454 e. The van der Waals surface area contributed by atoms with Gasteiger partial charge in [0, 0.05) is 21.2 Å². The second-order valence-electron chi connectivity index (χ2n) is 8.37. The predicted octanol–water partition coefficient (Wildman–Crippen LogP) is 5.71. The average molecular weight is 524 g/mol. The van der Waals surface area contributed by atoms with Gasteiger partial charge in [-0.2, -0.15) is 0 Å². The van der Waals surface area contributed by atoms with Crippen LogP contribution in [-0.4, -0.2) is 21.3 Å². The third-order valence-corrected chi connectivity index (χ3v) is 7.16. The maximum atomic E-state index is 6.11. The quantitative estimate of drug-likeness (QED) is 0.329. The molecule has 0 aliphatic carbocycles. The highest BCUT2D eigenvalue weighted by molar-refractivity contribution is 14.1. The van der Waals surface area contributed by atoms with E-state index in [9.17, 15) is 0 Å². The molecule has 4 rings (SSSR count). The number of benzene rings is 1. The minimum atomic E-state index is 0.272. The second kappa shape index (κ2) is 8.22. The predicted molar refractivity (Wildman–Crippen MR) is 125 cm³/mol. The van der Waals surface area contributed by atoms with Gasteiger partial charge in [-0.05, 0) is 59.0 Å². The molecule has 0 radical (unpaired) electrons. The average Bonchev–Trinajstić information content (AvgIpc) is 3.23. The molecule has 154 valence electrons. The SMILES string of the molecule is CC(C)(C)CCCCn1c(Sc2cc3c(cc2I)OCO3)nc2c(N)nccc21. The molecule has 8 heteroatoms. The Morgan fingerprint density at radius 1 is 1.21 bits per heavy atom. The van der Waals surface area contributed by atoms with Crippen LogP contribution in [0, 0.1) is 8.99 Å². The molecule has 0 saturated carbocycles. The summed E-state index contributed by atoms with van der Waals surface area (Å²) in [4.78, 5) is 10.1. The fraction of sp³-hybridized carbons (Fsp3) is 0.429. The normalized spacial score (nSPS) is 13.4. The molecule has 3 heterocycles. The number of anilines is 1. The molecule has 1 aromatic carbocycles. The van der Waals surface area contributed by atoms with Crippen LogP contribution in [0.2, 0.25) is 0 Å². The minimum Gasteiger partial charge on any atom is -0.454 e. The molecule has 0 spiro atoms. The number of hydrogen-bond donors (Lipinski definition) is 1. The molecule has 1 aliphatic rings. The molecule has 2 aromatic heterocycles. The number of fused-ring (bicyclic) bond motifs is 2. The number of rotatable bonds is 6. The zero-order chi connectivity index (χ0) is 20.6. The summed E-state index contributed by atoms with van der Waals surface area (Å²) in [5.41, 5.74) is 8.27. The van der Waals surface area contributed by atoms with Crippen LogP contribution in [0.15, 0.2) is 34.4 Å². The number of nitrogens with zero attached hydrogens (tertiary/aromatic N) is 3. The Morgan fingerprint density at radius 2 is 1.97 bits per heavy atom. The van der Waals surface area contributed by atoms with Crippen LogP contribution in [0.25, 0.3) is 11.0 Å². The first-order valence-corrected chi connectivity index (χ1v) is 11.6. The zero-order valence-corrected chi connectivity index (χ0v) is 19.8. The maximum absolute atomic E-state index is 6.11. The van der Waals surface area contributed by atoms with Crippen molar-refractivity contribution in [1.29, 1.82) is 0 Å². The van der Waals surface area contributed by atoms with Crippen molar-refractivity contribution in [3.05, 3.63) is 28.0 Å². The van der Waals surface area contributed by atoms with E-state index in [4.69, 9.17) is 20.2 Å². The topological polar surface area (TPSA) is 75.2 Å². The molecule has 0 saturated heterocycles. The van der Waals surface area contributed by atoms with Crippen molar-refractivity contribution in [2.45, 2.75) is 56.6 Å². The fourth-order valence-electron chi connectivity index (χ4n) is 3.35. The lowest BCUT2D eigenvalue weighted by Gasteiger charge is -2.18. The van der Waals surface area contributed by atoms with Gasteiger partial charge in [-0.25, -0.2) is 9.97 Å². The number of pyridine rings is 1. The highest BCUT2D eigenvalue weighted by atomic mass is 127. The third-order valence-electron chi connectivity index (χ3n) is 4.85. The van der Waals surface area contributed by atoms with Crippen LogP contribution in [0.3, 0.4) is 0 Å². The Labute approximate surface area is 188 Å². The van der Waals surface area contributed by atoms with Crippen molar-refractivity contribution in [3.63, 3.8) is 0 Å². The maximum Gasteiger partial charge on any atom is 0.231 e. The van der Waals surface area contributed by atoms with E-state index in [1.807, 2.05) is 18.2 Å². The summed E-state index contributed by atoms with van der Waals surface area (Å²) in [5, 5.41) is 0.923. The molecule has 3 aromatic rings. The van der Waals surface area contributed by atoms with E-state index in [0.29, 0.717) is 11.2 Å². The Balaban J connectivity index is 1.64. The van der Waals surface area contributed by atoms with Crippen molar-refractivity contribution < 1.29 is 9.47 Å². The monoisotopic (exact) mass is 524 g/mol. The summed E-state index contributed by atoms with van der Waals surface area (Å²) in [6, 6.07) is 6.04. The molecule has 2 N–H and O–H groups in total. The summed E-state index contributed by atoms with van der Waals surface area (Å²) < 4.78 is 14.4. The standard InChI is InChI=1S/C21H25IN4O2S/c1-21(2,3)7-4-5-9-26-14-6-8-24-19(23)18(14)25-20(26)29-17-11-16-15(10-13(17)22)27-12-28-16/h6,8,10-11H,4-5,7,9,12H2,1-3H3,(H2,23,24). The van der Waals surface area contributed by atoms with Gasteiger partial charge in [0.1, 0.15) is 5.52 Å². The molecule has 6 nitrogen and oxygen atoms in total. The highest BCUT2D eigenvalue weighted by Gasteiger charge is 2.20. The molecule has 1 aliphatic heterocycles. The number of hydrogen-bond acceptors (Lipinski definition) is 6. The van der Waals surface area contributed by atoms with Crippen molar-refractivity contribution in [2.24, 2.45) is 5.41 Å². The van der Waals surface area contributed by atoms with E-state index in [-0.39, 0.29) is 6.79 Å². The van der Waals surface area contributed by atoms with Gasteiger partial charge in [0.25, 0.3) is 0 Å². The van der Waals surface area contributed by atoms with Gasteiger partial charge in [0.2, 0.25) is 6.79 Å². The molecule has 0 bridgehead atoms. The Hall–Kier alpha value is -1.68. The number of halogens is 1. The van der Waals surface area contributed by atoms with Gasteiger partial charge in [-0.1, -0.05) is 39.0 Å². The molecule has 0 atom stereocenters. The molecular weight excluding hydrogens is 499 g/mol. The van der Waals surface area contributed by atoms with E-state index in [1.165, 1.54) is 12.8 Å². The smallest absolute Gasteiger partial charge is 0.231 e. The van der Waals surface area contributed by atoms with Crippen LogP contribution in [0.1, 0.15) is 40.0 Å². The van der Waals surface area contributed by atoms with Gasteiger partial charge in [0.15, 0.2) is 22.5 Å². The van der Waals surface area contributed by atoms with Crippen LogP contribution < -0.4 is 15.2 Å². The number of aryl methyl sites for hydroxylation is 1. The number of unbranched alkanes of at least 4 members (excludes halogenated alkanes) is 1. The molecule has 0 fully saturated rings. The molecular formula is C21H25IN4O2S. The van der Waals surface area contributed by atoms with Crippen molar-refractivity contribution in [1.82, 2.24) is 14.5 Å². The van der Waals surface area contributed by atoms with Gasteiger partial charge in [-0.3, -0.25) is 0 Å². The zero-order valence-electron chi connectivity index (χ0n) is 16.9. The molecule has 29 heavy (non-hydrogen) atoms. The number of nitrogens with two attached hydrogens (primary N) is 1. The van der Waals surface area contributed by atoms with Crippen molar-refractivity contribution in [2.75, 3.05) is 12.5 Å². The summed E-state index contributed by atoms with van der Waals surface area (Å²) in [6.07, 6.45) is 5.22. The van der Waals surface area contributed by atoms with E-state index >= 15 is 0 Å². The summed E-state index contributed by atoms with van der Waals surface area (Å²) in [6.45, 7) is 8.03. The lowest BCUT2D eigenvalue weighted by atomic mass is 9.90. The summed E-state index contributed by atoms with van der Waals surface area (Å²) in [5.74, 6) is 2.04. The van der Waals surface area contributed by atoms with Gasteiger partial charge >= 0.3 is 0 Å².